The molecule has 19 heavy (non-hydrogen) atoms. The van der Waals surface area contributed by atoms with E-state index in [4.69, 9.17) is 14.2 Å². The van der Waals surface area contributed by atoms with Crippen LogP contribution in [-0.2, 0) is 23.8 Å². The number of carbonyl (C=O) groups is 2. The highest BCUT2D eigenvalue weighted by atomic mass is 16.5. The molecule has 0 amide bonds. The Morgan fingerprint density at radius 2 is 1.37 bits per heavy atom. The molecule has 1 aliphatic carbocycles. The van der Waals surface area contributed by atoms with Crippen LogP contribution >= 0.6 is 0 Å². The normalized spacial score (nSPS) is 33.6. The standard InChI is InChI=1S/C14H22O5/c1-9(15)18-7-13-3-11-5-17-6-12(11)4-14(13)8-19-10(2)16/h11-14H,3-8H2,1-2H3/t11-,12+,13+,14-. The zero-order chi connectivity index (χ0) is 13.8. The molecule has 0 aromatic rings. The molecular formula is C14H22O5. The van der Waals surface area contributed by atoms with Crippen molar-refractivity contribution in [3.63, 3.8) is 0 Å². The predicted molar refractivity (Wildman–Crippen MR) is 67.3 cm³/mol. The number of fused-ring (bicyclic) bond motifs is 1. The summed E-state index contributed by atoms with van der Waals surface area (Å²) in [6.45, 7) is 5.30. The molecule has 2 aliphatic rings. The molecule has 1 aliphatic heterocycles. The van der Waals surface area contributed by atoms with Gasteiger partial charge in [0, 0.05) is 27.1 Å². The Bertz CT molecular complexity index is 309. The third-order valence-corrected chi connectivity index (χ3v) is 4.21. The number of esters is 2. The highest BCUT2D eigenvalue weighted by Crippen LogP contribution is 2.41. The van der Waals surface area contributed by atoms with Gasteiger partial charge < -0.3 is 14.2 Å². The molecule has 4 atom stereocenters. The fraction of sp³-hybridized carbons (Fsp3) is 0.857. The second-order valence-electron chi connectivity index (χ2n) is 5.65. The van der Waals surface area contributed by atoms with Crippen LogP contribution in [0, 0.1) is 23.7 Å². The quantitative estimate of drug-likeness (QED) is 0.723. The van der Waals surface area contributed by atoms with E-state index in [1.807, 2.05) is 0 Å². The van der Waals surface area contributed by atoms with E-state index in [1.165, 1.54) is 13.8 Å². The molecule has 2 rings (SSSR count). The van der Waals surface area contributed by atoms with Gasteiger partial charge in [0.2, 0.25) is 0 Å². The smallest absolute Gasteiger partial charge is 0.302 e. The van der Waals surface area contributed by atoms with Crippen LogP contribution in [-0.4, -0.2) is 38.4 Å². The average molecular weight is 270 g/mol. The van der Waals surface area contributed by atoms with E-state index >= 15 is 0 Å². The summed E-state index contributed by atoms with van der Waals surface area (Å²) in [5, 5.41) is 0. The van der Waals surface area contributed by atoms with Gasteiger partial charge in [0.25, 0.3) is 0 Å². The third-order valence-electron chi connectivity index (χ3n) is 4.21. The second kappa shape index (κ2) is 6.37. The van der Waals surface area contributed by atoms with Gasteiger partial charge in [0.1, 0.15) is 0 Å². The van der Waals surface area contributed by atoms with Crippen molar-refractivity contribution < 1.29 is 23.8 Å². The van der Waals surface area contributed by atoms with E-state index in [0.29, 0.717) is 25.0 Å². The molecule has 5 heteroatoms. The monoisotopic (exact) mass is 270 g/mol. The van der Waals surface area contributed by atoms with Crippen LogP contribution in [0.15, 0.2) is 0 Å². The van der Waals surface area contributed by atoms with Gasteiger partial charge in [-0.1, -0.05) is 0 Å². The van der Waals surface area contributed by atoms with Crippen LogP contribution in [0.3, 0.4) is 0 Å². The van der Waals surface area contributed by atoms with Crippen LogP contribution in [0.25, 0.3) is 0 Å². The number of rotatable bonds is 4. The van der Waals surface area contributed by atoms with Crippen molar-refractivity contribution >= 4 is 11.9 Å². The Hall–Kier alpha value is -1.10. The van der Waals surface area contributed by atoms with Crippen molar-refractivity contribution in [1.29, 1.82) is 0 Å². The fourth-order valence-electron chi connectivity index (χ4n) is 3.18. The summed E-state index contributed by atoms with van der Waals surface area (Å²) in [5.74, 6) is 1.16. The topological polar surface area (TPSA) is 61.8 Å². The molecule has 1 heterocycles. The largest absolute Gasteiger partial charge is 0.466 e. The second-order valence-corrected chi connectivity index (χ2v) is 5.65. The van der Waals surface area contributed by atoms with Crippen LogP contribution in [0.1, 0.15) is 26.7 Å². The molecular weight excluding hydrogens is 248 g/mol. The minimum Gasteiger partial charge on any atom is -0.466 e. The maximum Gasteiger partial charge on any atom is 0.302 e. The summed E-state index contributed by atoms with van der Waals surface area (Å²) in [4.78, 5) is 21.9. The minimum atomic E-state index is -0.254. The van der Waals surface area contributed by atoms with Crippen molar-refractivity contribution in [3.05, 3.63) is 0 Å². The van der Waals surface area contributed by atoms with Crippen molar-refractivity contribution in [3.8, 4) is 0 Å². The first-order valence-electron chi connectivity index (χ1n) is 6.90. The number of hydrogen-bond acceptors (Lipinski definition) is 5. The lowest BCUT2D eigenvalue weighted by Gasteiger charge is -2.36. The van der Waals surface area contributed by atoms with Crippen LogP contribution in [0.4, 0.5) is 0 Å². The first-order chi connectivity index (χ1) is 9.06. The molecule has 0 aromatic heterocycles. The summed E-state index contributed by atoms with van der Waals surface area (Å²) >= 11 is 0. The maximum absolute atomic E-state index is 11.0. The molecule has 0 N–H and O–H groups in total. The van der Waals surface area contributed by atoms with Gasteiger partial charge in [0.05, 0.1) is 13.2 Å². The lowest BCUT2D eigenvalue weighted by molar-refractivity contribution is -0.148. The van der Waals surface area contributed by atoms with Crippen molar-refractivity contribution in [2.45, 2.75) is 26.7 Å². The van der Waals surface area contributed by atoms with Gasteiger partial charge in [0.15, 0.2) is 0 Å². The Labute approximate surface area is 113 Å². The third kappa shape index (κ3) is 3.93. The van der Waals surface area contributed by atoms with Gasteiger partial charge in [-0.05, 0) is 36.5 Å². The first-order valence-corrected chi connectivity index (χ1v) is 6.90. The summed E-state index contributed by atoms with van der Waals surface area (Å²) in [5.41, 5.74) is 0. The fourth-order valence-corrected chi connectivity index (χ4v) is 3.18. The molecule has 1 saturated heterocycles. The number of carbonyl (C=O) groups excluding carboxylic acids is 2. The molecule has 1 saturated carbocycles. The van der Waals surface area contributed by atoms with Gasteiger partial charge in [-0.15, -0.1) is 0 Å². The Morgan fingerprint density at radius 3 is 1.74 bits per heavy atom. The molecule has 0 aromatic carbocycles. The van der Waals surface area contributed by atoms with E-state index in [1.54, 1.807) is 0 Å². The summed E-state index contributed by atoms with van der Waals surface area (Å²) in [6.07, 6.45) is 1.98. The molecule has 2 fully saturated rings. The Kier molecular flexibility index (Phi) is 4.80. The van der Waals surface area contributed by atoms with Gasteiger partial charge in [-0.3, -0.25) is 9.59 Å². The lowest BCUT2D eigenvalue weighted by Crippen LogP contribution is -2.36. The molecule has 0 radical (unpaired) electrons. The minimum absolute atomic E-state index is 0.254. The Balaban J connectivity index is 1.93. The van der Waals surface area contributed by atoms with Gasteiger partial charge in [-0.2, -0.15) is 0 Å². The van der Waals surface area contributed by atoms with Crippen molar-refractivity contribution in [2.75, 3.05) is 26.4 Å². The van der Waals surface area contributed by atoms with E-state index in [9.17, 15) is 9.59 Å². The van der Waals surface area contributed by atoms with Crippen LogP contribution in [0.2, 0.25) is 0 Å². The number of hydrogen-bond donors (Lipinski definition) is 0. The summed E-state index contributed by atoms with van der Waals surface area (Å²) in [6, 6.07) is 0. The molecule has 0 unspecified atom stereocenters. The zero-order valence-corrected chi connectivity index (χ0v) is 11.6. The van der Waals surface area contributed by atoms with Crippen LogP contribution < -0.4 is 0 Å². The van der Waals surface area contributed by atoms with E-state index in [0.717, 1.165) is 26.1 Å². The maximum atomic E-state index is 11.0. The van der Waals surface area contributed by atoms with E-state index in [2.05, 4.69) is 0 Å². The zero-order valence-electron chi connectivity index (χ0n) is 11.6. The molecule has 5 nitrogen and oxygen atoms in total. The summed E-state index contributed by atoms with van der Waals surface area (Å²) < 4.78 is 15.8. The van der Waals surface area contributed by atoms with E-state index < -0.39 is 0 Å². The molecule has 108 valence electrons. The number of ether oxygens (including phenoxy) is 3. The first kappa shape index (κ1) is 14.3. The molecule has 0 bridgehead atoms. The van der Waals surface area contributed by atoms with Gasteiger partial charge >= 0.3 is 11.9 Å². The van der Waals surface area contributed by atoms with Crippen molar-refractivity contribution in [2.24, 2.45) is 23.7 Å². The summed E-state index contributed by atoms with van der Waals surface area (Å²) in [7, 11) is 0. The Morgan fingerprint density at radius 1 is 0.947 bits per heavy atom. The average Bonchev–Trinajstić information content (AvgIpc) is 2.79. The molecule has 0 spiro atoms. The highest BCUT2D eigenvalue weighted by Gasteiger charge is 2.40. The van der Waals surface area contributed by atoms with Gasteiger partial charge in [-0.25, -0.2) is 0 Å². The van der Waals surface area contributed by atoms with Crippen LogP contribution in [0.5, 0.6) is 0 Å². The van der Waals surface area contributed by atoms with Crippen molar-refractivity contribution in [1.82, 2.24) is 0 Å². The lowest BCUT2D eigenvalue weighted by atomic mass is 9.70. The predicted octanol–water partition coefficient (Wildman–Crippen LogP) is 1.40. The SMILES string of the molecule is CC(=O)OC[C@@H]1C[C@@H]2COC[C@@H]2C[C@@H]1COC(C)=O. The highest BCUT2D eigenvalue weighted by molar-refractivity contribution is 5.66. The van der Waals surface area contributed by atoms with E-state index in [-0.39, 0.29) is 23.8 Å².